The fraction of sp³-hybridized carbons (Fsp3) is 0.444. The van der Waals surface area contributed by atoms with Crippen LogP contribution >= 0.6 is 0 Å². The molecule has 4 aromatic rings. The van der Waals surface area contributed by atoms with E-state index >= 15 is 0 Å². The Morgan fingerprint density at radius 3 is 2.45 bits per heavy atom. The van der Waals surface area contributed by atoms with Crippen LogP contribution < -0.4 is 20.7 Å². The van der Waals surface area contributed by atoms with Crippen LogP contribution in [0.3, 0.4) is 0 Å². The molecule has 3 fully saturated rings. The summed E-state index contributed by atoms with van der Waals surface area (Å²) < 4.78 is 8.22. The molecule has 0 unspecified atom stereocenters. The van der Waals surface area contributed by atoms with Crippen molar-refractivity contribution in [3.05, 3.63) is 60.3 Å². The van der Waals surface area contributed by atoms with Gasteiger partial charge in [0, 0.05) is 36.7 Å². The molecule has 0 bridgehead atoms. The number of phenolic OH excluding ortho intramolecular Hbond substituents is 1. The van der Waals surface area contributed by atoms with Gasteiger partial charge in [-0.05, 0) is 80.7 Å². The monoisotopic (exact) mass is 663 g/mol. The Hall–Kier alpha value is -5.04. The molecule has 254 valence electrons. The molecule has 0 spiro atoms. The van der Waals surface area contributed by atoms with Gasteiger partial charge in [0.25, 0.3) is 0 Å². The lowest BCUT2D eigenvalue weighted by Gasteiger charge is -2.42. The molecule has 2 saturated heterocycles. The maximum Gasteiger partial charge on any atom is 0.249 e. The summed E-state index contributed by atoms with van der Waals surface area (Å²) in [5, 5.41) is 30.0. The fourth-order valence-corrected chi connectivity index (χ4v) is 8.19. The number of nitrogens with one attached hydrogen (secondary N) is 1. The van der Waals surface area contributed by atoms with Crippen molar-refractivity contribution >= 4 is 23.3 Å². The molecule has 4 aliphatic rings. The van der Waals surface area contributed by atoms with Crippen molar-refractivity contribution < 1.29 is 19.4 Å². The Morgan fingerprint density at radius 2 is 1.65 bits per heavy atom. The number of phenols is 1. The number of likely N-dealkylation sites (tertiary alicyclic amines) is 1. The number of imide groups is 1. The molecule has 13 nitrogen and oxygen atoms in total. The lowest BCUT2D eigenvalue weighted by molar-refractivity contribution is -0.134. The number of para-hydroxylation sites is 2. The fourth-order valence-electron chi connectivity index (χ4n) is 8.19. The lowest BCUT2D eigenvalue weighted by Crippen LogP contribution is -2.54. The quantitative estimate of drug-likeness (QED) is 0.255. The zero-order valence-corrected chi connectivity index (χ0v) is 27.4. The smallest absolute Gasteiger partial charge is 0.249 e. The molecule has 2 aromatic carbocycles. The van der Waals surface area contributed by atoms with Gasteiger partial charge in [-0.25, -0.2) is 4.68 Å². The molecule has 13 heteroatoms. The zero-order chi connectivity index (χ0) is 33.5. The summed E-state index contributed by atoms with van der Waals surface area (Å²) in [7, 11) is 0. The number of ether oxygens (including phenoxy) is 1. The van der Waals surface area contributed by atoms with Gasteiger partial charge in [0.15, 0.2) is 5.82 Å². The van der Waals surface area contributed by atoms with E-state index in [0.29, 0.717) is 60.5 Å². The predicted molar refractivity (Wildman–Crippen MR) is 183 cm³/mol. The van der Waals surface area contributed by atoms with E-state index in [-0.39, 0.29) is 35.5 Å². The van der Waals surface area contributed by atoms with Crippen LogP contribution in [-0.2, 0) is 9.59 Å². The average molecular weight is 664 g/mol. The number of benzene rings is 2. The van der Waals surface area contributed by atoms with E-state index in [0.717, 1.165) is 63.1 Å². The molecule has 4 N–H and O–H groups in total. The summed E-state index contributed by atoms with van der Waals surface area (Å²) in [6, 6.07) is 15.6. The first-order chi connectivity index (χ1) is 23.9. The lowest BCUT2D eigenvalue weighted by atomic mass is 9.80. The van der Waals surface area contributed by atoms with Crippen LogP contribution in [0.15, 0.2) is 54.7 Å². The number of carbonyl (C=O) groups is 2. The number of piperidine rings is 2. The summed E-state index contributed by atoms with van der Waals surface area (Å²) in [6.07, 6.45) is 9.29. The number of aromatic hydroxyl groups is 1. The van der Waals surface area contributed by atoms with Crippen LogP contribution in [0.2, 0.25) is 0 Å². The van der Waals surface area contributed by atoms with Crippen LogP contribution in [-0.4, -0.2) is 85.3 Å². The third kappa shape index (κ3) is 6.07. The topological polar surface area (TPSA) is 165 Å². The minimum atomic E-state index is -0.341. The second-order valence-electron chi connectivity index (χ2n) is 13.6. The minimum absolute atomic E-state index is 0.128. The first kappa shape index (κ1) is 31.2. The van der Waals surface area contributed by atoms with E-state index in [4.69, 9.17) is 10.5 Å². The summed E-state index contributed by atoms with van der Waals surface area (Å²) in [5.74, 6) is 1.32. The second kappa shape index (κ2) is 13.1. The number of rotatable bonds is 6. The van der Waals surface area contributed by atoms with Gasteiger partial charge in [0.1, 0.15) is 29.8 Å². The highest BCUT2D eigenvalue weighted by molar-refractivity contribution is 6.02. The Bertz CT molecular complexity index is 1860. The van der Waals surface area contributed by atoms with Gasteiger partial charge in [0.2, 0.25) is 11.8 Å². The summed E-state index contributed by atoms with van der Waals surface area (Å²) in [4.78, 5) is 29.2. The first-order valence-corrected chi connectivity index (χ1v) is 17.4. The number of carbonyl (C=O) groups excluding carboxylic acids is 2. The Labute approximate surface area is 284 Å². The number of anilines is 2. The van der Waals surface area contributed by atoms with Crippen LogP contribution in [0.5, 0.6) is 11.5 Å². The molecule has 1 saturated carbocycles. The number of fused-ring (bicyclic) bond motifs is 1. The molecule has 5 heterocycles. The predicted octanol–water partition coefficient (Wildman–Crippen LogP) is 4.06. The summed E-state index contributed by atoms with van der Waals surface area (Å²) >= 11 is 0. The standard InChI is InChI=1S/C36H41N9O4/c37-35-27(20-28(39-41-35)26-4-1-2-7-32(26)46)29-21-45(42-40-29)24-14-16-43(17-15-24)23-10-8-22(9-11-23)25-5-3-6-30-34(25)49-19-18-44(30)31-12-13-33(47)38-36(31)48/h1-7,20-24,31,46H,8-19H2,(H2,37,41)(H,38,47,48)/t22-,23-,31-/m1/s1. The van der Waals surface area contributed by atoms with E-state index in [9.17, 15) is 14.7 Å². The van der Waals surface area contributed by atoms with E-state index in [1.807, 2.05) is 23.0 Å². The second-order valence-corrected chi connectivity index (χ2v) is 13.6. The molecule has 1 aliphatic carbocycles. The van der Waals surface area contributed by atoms with Gasteiger partial charge in [0.05, 0.1) is 30.2 Å². The van der Waals surface area contributed by atoms with Crippen molar-refractivity contribution in [2.75, 3.05) is 36.9 Å². The Kier molecular flexibility index (Phi) is 8.36. The van der Waals surface area contributed by atoms with Crippen molar-refractivity contribution in [1.82, 2.24) is 35.4 Å². The molecule has 1 atom stereocenters. The highest BCUT2D eigenvalue weighted by Gasteiger charge is 2.37. The minimum Gasteiger partial charge on any atom is -0.507 e. The van der Waals surface area contributed by atoms with E-state index in [2.05, 4.69) is 47.8 Å². The molecule has 2 aromatic heterocycles. The van der Waals surface area contributed by atoms with Gasteiger partial charge in [-0.3, -0.25) is 14.9 Å². The molecule has 3 aliphatic heterocycles. The van der Waals surface area contributed by atoms with Gasteiger partial charge >= 0.3 is 0 Å². The van der Waals surface area contributed by atoms with Crippen molar-refractivity contribution in [3.63, 3.8) is 0 Å². The van der Waals surface area contributed by atoms with Crippen molar-refractivity contribution in [2.24, 2.45) is 0 Å². The molecule has 49 heavy (non-hydrogen) atoms. The number of nitrogens with zero attached hydrogens (tertiary/aromatic N) is 7. The van der Waals surface area contributed by atoms with E-state index in [1.54, 1.807) is 24.3 Å². The van der Waals surface area contributed by atoms with Crippen molar-refractivity contribution in [3.8, 4) is 34.0 Å². The molecule has 8 rings (SSSR count). The van der Waals surface area contributed by atoms with Crippen LogP contribution in [0.25, 0.3) is 22.5 Å². The molecule has 0 radical (unpaired) electrons. The first-order valence-electron chi connectivity index (χ1n) is 17.4. The number of nitrogens with two attached hydrogens (primary N) is 1. The van der Waals surface area contributed by atoms with Crippen LogP contribution in [0.1, 0.15) is 68.9 Å². The maximum atomic E-state index is 12.7. The average Bonchev–Trinajstić information content (AvgIpc) is 3.62. The zero-order valence-electron chi connectivity index (χ0n) is 27.4. The van der Waals surface area contributed by atoms with Crippen molar-refractivity contribution in [2.45, 2.75) is 75.4 Å². The highest BCUT2D eigenvalue weighted by Crippen LogP contribution is 2.45. The van der Waals surface area contributed by atoms with Gasteiger partial charge in [-0.2, -0.15) is 0 Å². The summed E-state index contributed by atoms with van der Waals surface area (Å²) in [5.41, 5.74) is 10.8. The van der Waals surface area contributed by atoms with Crippen LogP contribution in [0.4, 0.5) is 11.5 Å². The summed E-state index contributed by atoms with van der Waals surface area (Å²) in [6.45, 7) is 3.19. The van der Waals surface area contributed by atoms with Crippen molar-refractivity contribution in [1.29, 1.82) is 0 Å². The third-order valence-electron chi connectivity index (χ3n) is 10.8. The Morgan fingerprint density at radius 1 is 0.837 bits per heavy atom. The third-order valence-corrected chi connectivity index (χ3v) is 10.8. The van der Waals surface area contributed by atoms with E-state index in [1.165, 1.54) is 5.56 Å². The number of hydrogen-bond donors (Lipinski definition) is 3. The van der Waals surface area contributed by atoms with Gasteiger partial charge in [-0.15, -0.1) is 15.3 Å². The Balaban J connectivity index is 0.884. The van der Waals surface area contributed by atoms with Gasteiger partial charge < -0.3 is 25.4 Å². The number of nitrogen functional groups attached to an aromatic ring is 1. The van der Waals surface area contributed by atoms with Crippen LogP contribution in [0, 0.1) is 0 Å². The number of hydrogen-bond acceptors (Lipinski definition) is 11. The SMILES string of the molecule is Nc1nnc(-c2ccccc2O)cc1-c1cn(C2CCN([C@H]3CC[C@H](c4cccc5c4OCCN5[C@@H]4CCC(=O)NC4=O)CC3)CC2)nn1. The molecule has 2 amide bonds. The normalized spacial score (nSPS) is 23.5. The largest absolute Gasteiger partial charge is 0.507 e. The number of amides is 2. The molecular formula is C36H41N9O4. The maximum absolute atomic E-state index is 12.7. The highest BCUT2D eigenvalue weighted by atomic mass is 16.5. The number of aromatic nitrogens is 5. The van der Waals surface area contributed by atoms with Gasteiger partial charge in [-0.1, -0.05) is 29.5 Å². The van der Waals surface area contributed by atoms with E-state index < -0.39 is 0 Å². The molecular weight excluding hydrogens is 622 g/mol.